The molecule has 116 valence electrons. The zero-order chi connectivity index (χ0) is 14.8. The van der Waals surface area contributed by atoms with Crippen LogP contribution < -0.4 is 5.73 Å². The van der Waals surface area contributed by atoms with E-state index in [-0.39, 0.29) is 22.7 Å². The third-order valence-corrected chi connectivity index (χ3v) is 5.82. The van der Waals surface area contributed by atoms with E-state index in [0.29, 0.717) is 22.6 Å². The van der Waals surface area contributed by atoms with Crippen molar-refractivity contribution < 1.29 is 8.42 Å². The Morgan fingerprint density at radius 1 is 1.40 bits per heavy atom. The van der Waals surface area contributed by atoms with Gasteiger partial charge in [-0.25, -0.2) is 12.7 Å². The van der Waals surface area contributed by atoms with Gasteiger partial charge in [0.15, 0.2) is 0 Å². The van der Waals surface area contributed by atoms with E-state index in [1.54, 1.807) is 13.1 Å². The molecule has 8 heteroatoms. The second-order valence-corrected chi connectivity index (χ2v) is 8.51. The van der Waals surface area contributed by atoms with Gasteiger partial charge in [0.05, 0.1) is 9.92 Å². The Bertz CT molecular complexity index is 565. The standard InChI is InChI=1S/C12H18BrClN2O2S.ClH/c1-12(2,7-15)8-16(3)19(17,18)9-4-5-11(14)10(13)6-9;/h4-6H,7-8,15H2,1-3H3;1H. The van der Waals surface area contributed by atoms with Gasteiger partial charge in [-0.05, 0) is 46.1 Å². The lowest BCUT2D eigenvalue weighted by molar-refractivity contribution is 0.292. The molecular formula is C12H19BrCl2N2O2S. The first-order valence-corrected chi connectivity index (χ1v) is 8.33. The van der Waals surface area contributed by atoms with Crippen LogP contribution in [0.4, 0.5) is 0 Å². The quantitative estimate of drug-likeness (QED) is 0.818. The van der Waals surface area contributed by atoms with Gasteiger partial charge < -0.3 is 5.73 Å². The van der Waals surface area contributed by atoms with Crippen LogP contribution in [0.25, 0.3) is 0 Å². The summed E-state index contributed by atoms with van der Waals surface area (Å²) >= 11 is 9.10. The Balaban J connectivity index is 0.00000361. The monoisotopic (exact) mass is 404 g/mol. The fraction of sp³-hybridized carbons (Fsp3) is 0.500. The molecule has 1 aromatic rings. The lowest BCUT2D eigenvalue weighted by atomic mass is 9.94. The van der Waals surface area contributed by atoms with Crippen molar-refractivity contribution in [1.82, 2.24) is 4.31 Å². The lowest BCUT2D eigenvalue weighted by Crippen LogP contribution is -2.39. The second kappa shape index (κ2) is 7.42. The van der Waals surface area contributed by atoms with Crippen LogP contribution in [0.15, 0.2) is 27.6 Å². The number of benzene rings is 1. The first-order chi connectivity index (χ1) is 8.60. The molecule has 2 N–H and O–H groups in total. The van der Waals surface area contributed by atoms with Gasteiger partial charge >= 0.3 is 0 Å². The van der Waals surface area contributed by atoms with Crippen LogP contribution >= 0.6 is 39.9 Å². The minimum atomic E-state index is -3.53. The molecule has 0 spiro atoms. The van der Waals surface area contributed by atoms with E-state index < -0.39 is 10.0 Å². The summed E-state index contributed by atoms with van der Waals surface area (Å²) in [6, 6.07) is 4.55. The molecule has 1 aromatic carbocycles. The highest BCUT2D eigenvalue weighted by molar-refractivity contribution is 9.10. The lowest BCUT2D eigenvalue weighted by Gasteiger charge is -2.28. The first kappa shape index (κ1) is 20.1. The fourth-order valence-electron chi connectivity index (χ4n) is 1.57. The molecule has 0 saturated heterocycles. The summed E-state index contributed by atoms with van der Waals surface area (Å²) in [5.74, 6) is 0. The van der Waals surface area contributed by atoms with E-state index in [1.165, 1.54) is 16.4 Å². The van der Waals surface area contributed by atoms with E-state index in [4.69, 9.17) is 17.3 Å². The van der Waals surface area contributed by atoms with Crippen LogP contribution in [0.5, 0.6) is 0 Å². The van der Waals surface area contributed by atoms with Crippen molar-refractivity contribution in [2.24, 2.45) is 11.1 Å². The number of halogens is 3. The Morgan fingerprint density at radius 3 is 2.40 bits per heavy atom. The molecule has 0 saturated carbocycles. The van der Waals surface area contributed by atoms with Crippen molar-refractivity contribution in [3.8, 4) is 0 Å². The molecule has 0 heterocycles. The number of nitrogens with two attached hydrogens (primary N) is 1. The van der Waals surface area contributed by atoms with Gasteiger partial charge in [0.1, 0.15) is 0 Å². The highest BCUT2D eigenvalue weighted by atomic mass is 79.9. The zero-order valence-electron chi connectivity index (χ0n) is 11.6. The highest BCUT2D eigenvalue weighted by Crippen LogP contribution is 2.27. The van der Waals surface area contributed by atoms with Crippen LogP contribution in [-0.4, -0.2) is 32.9 Å². The molecule has 0 unspecified atom stereocenters. The first-order valence-electron chi connectivity index (χ1n) is 5.71. The van der Waals surface area contributed by atoms with Crippen molar-refractivity contribution in [3.63, 3.8) is 0 Å². The maximum absolute atomic E-state index is 12.4. The smallest absolute Gasteiger partial charge is 0.242 e. The summed E-state index contributed by atoms with van der Waals surface area (Å²) in [6.07, 6.45) is 0. The third kappa shape index (κ3) is 4.86. The Kier molecular flexibility index (Phi) is 7.48. The van der Waals surface area contributed by atoms with Gasteiger partial charge in [0, 0.05) is 18.1 Å². The molecule has 4 nitrogen and oxygen atoms in total. The van der Waals surface area contributed by atoms with Crippen molar-refractivity contribution in [3.05, 3.63) is 27.7 Å². The topological polar surface area (TPSA) is 63.4 Å². The molecule has 0 aliphatic heterocycles. The Hall–Kier alpha value is 0.150. The molecule has 0 atom stereocenters. The van der Waals surface area contributed by atoms with Gasteiger partial charge in [-0.3, -0.25) is 0 Å². The zero-order valence-corrected chi connectivity index (χ0v) is 15.5. The van der Waals surface area contributed by atoms with Gasteiger partial charge in [-0.1, -0.05) is 25.4 Å². The van der Waals surface area contributed by atoms with E-state index >= 15 is 0 Å². The van der Waals surface area contributed by atoms with Gasteiger partial charge in [-0.15, -0.1) is 12.4 Å². The predicted molar refractivity (Wildman–Crippen MR) is 89.1 cm³/mol. The van der Waals surface area contributed by atoms with Crippen LogP contribution in [0.3, 0.4) is 0 Å². The highest BCUT2D eigenvalue weighted by Gasteiger charge is 2.27. The third-order valence-electron chi connectivity index (χ3n) is 2.80. The van der Waals surface area contributed by atoms with Gasteiger partial charge in [0.25, 0.3) is 0 Å². The van der Waals surface area contributed by atoms with Crippen LogP contribution in [0, 0.1) is 5.41 Å². The number of hydrogen-bond donors (Lipinski definition) is 1. The maximum atomic E-state index is 12.4. The van der Waals surface area contributed by atoms with Crippen molar-refractivity contribution >= 4 is 50.0 Å². The SMILES string of the molecule is CN(CC(C)(C)CN)S(=O)(=O)c1ccc(Cl)c(Br)c1.Cl. The molecule has 0 radical (unpaired) electrons. The van der Waals surface area contributed by atoms with Crippen molar-refractivity contribution in [2.75, 3.05) is 20.1 Å². The molecule has 0 bridgehead atoms. The van der Waals surface area contributed by atoms with E-state index in [1.807, 2.05) is 13.8 Å². The summed E-state index contributed by atoms with van der Waals surface area (Å²) < 4.78 is 26.7. The second-order valence-electron chi connectivity index (χ2n) is 5.21. The minimum Gasteiger partial charge on any atom is -0.330 e. The van der Waals surface area contributed by atoms with Crippen molar-refractivity contribution in [1.29, 1.82) is 0 Å². The van der Waals surface area contributed by atoms with Crippen molar-refractivity contribution in [2.45, 2.75) is 18.7 Å². The average Bonchev–Trinajstić information content (AvgIpc) is 2.32. The summed E-state index contributed by atoms with van der Waals surface area (Å²) in [7, 11) is -1.98. The molecule has 0 aliphatic carbocycles. The Labute approximate surface area is 140 Å². The van der Waals surface area contributed by atoms with Gasteiger partial charge in [-0.2, -0.15) is 0 Å². The molecule has 0 aromatic heterocycles. The van der Waals surface area contributed by atoms with E-state index in [2.05, 4.69) is 15.9 Å². The number of sulfonamides is 1. The average molecular weight is 406 g/mol. The van der Waals surface area contributed by atoms with Crippen LogP contribution in [0.2, 0.25) is 5.02 Å². The summed E-state index contributed by atoms with van der Waals surface area (Å²) in [5.41, 5.74) is 5.36. The van der Waals surface area contributed by atoms with Crippen LogP contribution in [-0.2, 0) is 10.0 Å². The Morgan fingerprint density at radius 2 is 1.95 bits per heavy atom. The summed E-state index contributed by atoms with van der Waals surface area (Å²) in [6.45, 7) is 4.62. The molecule has 0 fully saturated rings. The van der Waals surface area contributed by atoms with Gasteiger partial charge in [0.2, 0.25) is 10.0 Å². The fourth-order valence-corrected chi connectivity index (χ4v) is 3.60. The predicted octanol–water partition coefficient (Wildman–Crippen LogP) is 3.13. The molecule has 0 amide bonds. The largest absolute Gasteiger partial charge is 0.330 e. The normalized spacial score (nSPS) is 12.3. The number of hydrogen-bond acceptors (Lipinski definition) is 3. The number of rotatable bonds is 5. The molecular weight excluding hydrogens is 387 g/mol. The summed E-state index contributed by atoms with van der Waals surface area (Å²) in [4.78, 5) is 0.207. The minimum absolute atomic E-state index is 0. The van der Waals surface area contributed by atoms with E-state index in [0.717, 1.165) is 0 Å². The molecule has 0 aliphatic rings. The summed E-state index contributed by atoms with van der Waals surface area (Å²) in [5, 5.41) is 0.476. The van der Waals surface area contributed by atoms with E-state index in [9.17, 15) is 8.42 Å². The molecule has 1 rings (SSSR count). The molecule has 20 heavy (non-hydrogen) atoms. The number of nitrogens with zero attached hydrogens (tertiary/aromatic N) is 1. The van der Waals surface area contributed by atoms with Crippen LogP contribution in [0.1, 0.15) is 13.8 Å². The maximum Gasteiger partial charge on any atom is 0.242 e.